The molecule has 0 spiro atoms. The van der Waals surface area contributed by atoms with Crippen molar-refractivity contribution in [1.29, 1.82) is 0 Å². The number of esters is 1. The van der Waals surface area contributed by atoms with E-state index in [1.807, 2.05) is 5.32 Å². The summed E-state index contributed by atoms with van der Waals surface area (Å²) >= 11 is 0. The van der Waals surface area contributed by atoms with Crippen molar-refractivity contribution >= 4 is 17.7 Å². The highest BCUT2D eigenvalue weighted by Gasteiger charge is 2.37. The summed E-state index contributed by atoms with van der Waals surface area (Å²) in [6, 6.07) is 2.82. The van der Waals surface area contributed by atoms with Gasteiger partial charge in [0.25, 0.3) is 0 Å². The lowest BCUT2D eigenvalue weighted by molar-refractivity contribution is -0.144. The van der Waals surface area contributed by atoms with Gasteiger partial charge in [0.1, 0.15) is 11.9 Å². The first-order valence-corrected chi connectivity index (χ1v) is 8.49. The molecule has 1 atom stereocenters. The summed E-state index contributed by atoms with van der Waals surface area (Å²) in [5.74, 6) is -1.48. The number of anilines is 1. The van der Waals surface area contributed by atoms with E-state index in [-0.39, 0.29) is 12.5 Å². The Hall–Kier alpha value is -3.31. The Morgan fingerprint density at radius 3 is 1.90 bits per heavy atom. The van der Waals surface area contributed by atoms with Crippen molar-refractivity contribution in [3.8, 4) is 0 Å². The number of alkyl halides is 6. The third-order valence-electron chi connectivity index (χ3n) is 3.99. The van der Waals surface area contributed by atoms with Gasteiger partial charge in [-0.25, -0.2) is 14.0 Å². The van der Waals surface area contributed by atoms with Crippen LogP contribution in [0.1, 0.15) is 16.7 Å². The van der Waals surface area contributed by atoms with E-state index >= 15 is 0 Å². The van der Waals surface area contributed by atoms with Crippen molar-refractivity contribution in [2.75, 3.05) is 12.4 Å². The number of methoxy groups -OCH3 is 1. The van der Waals surface area contributed by atoms with Gasteiger partial charge < -0.3 is 15.4 Å². The molecule has 0 aliphatic rings. The molecule has 1 unspecified atom stereocenters. The zero-order valence-corrected chi connectivity index (χ0v) is 15.7. The Balaban J connectivity index is 2.23. The van der Waals surface area contributed by atoms with Crippen LogP contribution in [0.3, 0.4) is 0 Å². The Morgan fingerprint density at radius 1 is 0.935 bits per heavy atom. The number of hydrogen-bond donors (Lipinski definition) is 2. The number of nitrogens with one attached hydrogen (secondary N) is 2. The van der Waals surface area contributed by atoms with Crippen molar-refractivity contribution in [1.82, 2.24) is 5.32 Å². The van der Waals surface area contributed by atoms with Gasteiger partial charge in [0.05, 0.1) is 18.2 Å². The molecule has 0 saturated carbocycles. The van der Waals surface area contributed by atoms with E-state index in [2.05, 4.69) is 10.1 Å². The van der Waals surface area contributed by atoms with E-state index in [0.29, 0.717) is 17.7 Å². The monoisotopic (exact) mass is 452 g/mol. The molecule has 0 bridgehead atoms. The maximum absolute atomic E-state index is 13.0. The van der Waals surface area contributed by atoms with E-state index in [4.69, 9.17) is 0 Å². The lowest BCUT2D eigenvalue weighted by Gasteiger charge is -2.18. The second-order valence-electron chi connectivity index (χ2n) is 6.30. The van der Waals surface area contributed by atoms with Crippen LogP contribution in [0.15, 0.2) is 42.5 Å². The fourth-order valence-corrected chi connectivity index (χ4v) is 2.54. The van der Waals surface area contributed by atoms with Crippen LogP contribution in [-0.2, 0) is 28.3 Å². The van der Waals surface area contributed by atoms with Crippen LogP contribution in [0, 0.1) is 5.82 Å². The highest BCUT2D eigenvalue weighted by Crippen LogP contribution is 2.37. The van der Waals surface area contributed by atoms with Crippen molar-refractivity contribution in [2.45, 2.75) is 24.8 Å². The van der Waals surface area contributed by atoms with Crippen LogP contribution in [0.4, 0.5) is 41.2 Å². The third kappa shape index (κ3) is 6.86. The number of carbonyl (C=O) groups excluding carboxylic acids is 2. The quantitative estimate of drug-likeness (QED) is 0.508. The van der Waals surface area contributed by atoms with Crippen molar-refractivity contribution < 1.29 is 45.1 Å². The van der Waals surface area contributed by atoms with Gasteiger partial charge in [-0.3, -0.25) is 0 Å². The summed E-state index contributed by atoms with van der Waals surface area (Å²) in [5.41, 5.74) is -3.61. The van der Waals surface area contributed by atoms with Gasteiger partial charge in [-0.1, -0.05) is 12.1 Å². The molecule has 0 fully saturated rings. The average Bonchev–Trinajstić information content (AvgIpc) is 2.66. The van der Waals surface area contributed by atoms with Gasteiger partial charge in [-0.05, 0) is 35.9 Å². The fourth-order valence-electron chi connectivity index (χ4n) is 2.54. The summed E-state index contributed by atoms with van der Waals surface area (Å²) < 4.78 is 95.1. The van der Waals surface area contributed by atoms with Gasteiger partial charge in [-0.2, -0.15) is 26.3 Å². The first-order chi connectivity index (χ1) is 14.3. The standard InChI is InChI=1S/C19H15F7N2O3/c1-31-16(29)15(6-10-2-4-13(20)5-3-10)28-17(30)27-14-8-11(18(21,22)23)7-12(9-14)19(24,25)26/h2-5,7-9,15H,6H2,1H3,(H2,27,28,30). The Labute approximate surface area is 171 Å². The number of urea groups is 1. The SMILES string of the molecule is COC(=O)C(Cc1ccc(F)cc1)NC(=O)Nc1cc(C(F)(F)F)cc(C(F)(F)F)c1. The Kier molecular flexibility index (Phi) is 7.13. The highest BCUT2D eigenvalue weighted by atomic mass is 19.4. The van der Waals surface area contributed by atoms with Gasteiger partial charge in [0, 0.05) is 12.1 Å². The van der Waals surface area contributed by atoms with Crippen LogP contribution in [0.5, 0.6) is 0 Å². The van der Waals surface area contributed by atoms with Gasteiger partial charge in [0.2, 0.25) is 0 Å². The highest BCUT2D eigenvalue weighted by molar-refractivity contribution is 5.92. The molecule has 0 saturated heterocycles. The molecular formula is C19H15F7N2O3. The molecule has 168 valence electrons. The van der Waals surface area contributed by atoms with Gasteiger partial charge >= 0.3 is 24.4 Å². The van der Waals surface area contributed by atoms with Crippen LogP contribution in [0.2, 0.25) is 0 Å². The van der Waals surface area contributed by atoms with E-state index in [1.54, 1.807) is 0 Å². The van der Waals surface area contributed by atoms with Crippen molar-refractivity contribution in [3.63, 3.8) is 0 Å². The number of carbonyl (C=O) groups is 2. The van der Waals surface area contributed by atoms with Crippen molar-refractivity contribution in [3.05, 3.63) is 65.0 Å². The molecule has 0 aliphatic carbocycles. The Morgan fingerprint density at radius 2 is 1.45 bits per heavy atom. The molecule has 2 rings (SSSR count). The molecule has 0 aliphatic heterocycles. The van der Waals surface area contributed by atoms with Gasteiger partial charge in [-0.15, -0.1) is 0 Å². The first kappa shape index (κ1) is 24.0. The Bertz CT molecular complexity index is 909. The largest absolute Gasteiger partial charge is 0.467 e. The van der Waals surface area contributed by atoms with E-state index < -0.39 is 53.0 Å². The van der Waals surface area contributed by atoms with Crippen LogP contribution in [-0.4, -0.2) is 25.2 Å². The summed E-state index contributed by atoms with van der Waals surface area (Å²) in [4.78, 5) is 24.1. The molecule has 31 heavy (non-hydrogen) atoms. The van der Waals surface area contributed by atoms with E-state index in [9.17, 15) is 40.3 Å². The maximum Gasteiger partial charge on any atom is 0.416 e. The maximum atomic E-state index is 13.0. The second kappa shape index (κ2) is 9.23. The molecule has 0 aromatic heterocycles. The third-order valence-corrected chi connectivity index (χ3v) is 3.99. The summed E-state index contributed by atoms with van der Waals surface area (Å²) in [5, 5.41) is 3.97. The first-order valence-electron chi connectivity index (χ1n) is 8.49. The molecule has 2 amide bonds. The zero-order chi connectivity index (χ0) is 23.4. The lowest BCUT2D eigenvalue weighted by Crippen LogP contribution is -2.45. The van der Waals surface area contributed by atoms with Crippen LogP contribution >= 0.6 is 0 Å². The zero-order valence-electron chi connectivity index (χ0n) is 15.7. The molecule has 2 aromatic carbocycles. The molecule has 5 nitrogen and oxygen atoms in total. The van der Waals surface area contributed by atoms with Gasteiger partial charge in [0.15, 0.2) is 0 Å². The number of rotatable bonds is 5. The van der Waals surface area contributed by atoms with E-state index in [1.165, 1.54) is 12.1 Å². The number of hydrogen-bond acceptors (Lipinski definition) is 3. The molecule has 12 heteroatoms. The van der Waals surface area contributed by atoms with Crippen LogP contribution in [0.25, 0.3) is 0 Å². The average molecular weight is 452 g/mol. The lowest BCUT2D eigenvalue weighted by atomic mass is 10.1. The van der Waals surface area contributed by atoms with E-state index in [0.717, 1.165) is 19.2 Å². The fraction of sp³-hybridized carbons (Fsp3) is 0.263. The molecule has 2 aromatic rings. The van der Waals surface area contributed by atoms with Crippen LogP contribution < -0.4 is 10.6 Å². The molecule has 0 radical (unpaired) electrons. The van der Waals surface area contributed by atoms with Crippen molar-refractivity contribution in [2.24, 2.45) is 0 Å². The summed E-state index contributed by atoms with van der Waals surface area (Å²) in [6.07, 6.45) is -10.4. The number of amides is 2. The number of halogens is 7. The smallest absolute Gasteiger partial charge is 0.416 e. The number of ether oxygens (including phenoxy) is 1. The normalized spacial score (nSPS) is 12.8. The topological polar surface area (TPSA) is 67.4 Å². The number of benzene rings is 2. The molecular weight excluding hydrogens is 437 g/mol. The predicted molar refractivity (Wildman–Crippen MR) is 94.5 cm³/mol. The minimum atomic E-state index is -5.09. The minimum Gasteiger partial charge on any atom is -0.467 e. The summed E-state index contributed by atoms with van der Waals surface area (Å²) in [6.45, 7) is 0. The summed E-state index contributed by atoms with van der Waals surface area (Å²) in [7, 11) is 1.02. The predicted octanol–water partition coefficient (Wildman–Crippen LogP) is 4.77. The molecule has 0 heterocycles. The second-order valence-corrected chi connectivity index (χ2v) is 6.30. The minimum absolute atomic E-state index is 0.0884. The molecule has 2 N–H and O–H groups in total.